The van der Waals surface area contributed by atoms with Gasteiger partial charge in [-0.2, -0.15) is 0 Å². The van der Waals surface area contributed by atoms with Gasteiger partial charge in [-0.25, -0.2) is 0 Å². The number of benzene rings is 2. The van der Waals surface area contributed by atoms with Crippen molar-refractivity contribution in [3.8, 4) is 0 Å². The Kier molecular flexibility index (Phi) is 1.78. The third kappa shape index (κ3) is 1.11. The number of rotatable bonds is 0. The van der Waals surface area contributed by atoms with Gasteiger partial charge in [-0.15, -0.1) is 0 Å². The Morgan fingerprint density at radius 3 is 2.83 bits per heavy atom. The van der Waals surface area contributed by atoms with Crippen LogP contribution in [0.15, 0.2) is 36.4 Å². The summed E-state index contributed by atoms with van der Waals surface area (Å²) in [6.07, 6.45) is 7.19. The molecule has 0 bridgehead atoms. The Balaban J connectivity index is 2.24. The van der Waals surface area contributed by atoms with E-state index in [-0.39, 0.29) is 6.04 Å². The Morgan fingerprint density at radius 1 is 1.06 bits per heavy atom. The normalized spacial score (nSPS) is 20.1. The molecule has 2 nitrogen and oxygen atoms in total. The Morgan fingerprint density at radius 2 is 1.94 bits per heavy atom. The van der Waals surface area contributed by atoms with E-state index in [1.807, 2.05) is 0 Å². The second-order valence-electron chi connectivity index (χ2n) is 5.01. The molecule has 2 heteroatoms. The Hall–Kier alpha value is -2.06. The number of hydrogen-bond acceptors (Lipinski definition) is 2. The summed E-state index contributed by atoms with van der Waals surface area (Å²) >= 11 is 0. The largest absolute Gasteiger partial charge is 0.398 e. The summed E-state index contributed by atoms with van der Waals surface area (Å²) < 4.78 is 0. The molecule has 1 unspecified atom stereocenters. The fraction of sp³-hybridized carbons (Fsp3) is 0.125. The molecule has 1 atom stereocenters. The van der Waals surface area contributed by atoms with Crippen LogP contribution in [0.25, 0.3) is 22.5 Å². The van der Waals surface area contributed by atoms with Gasteiger partial charge < -0.3 is 11.5 Å². The number of nitrogens with two attached hydrogens (primary N) is 2. The van der Waals surface area contributed by atoms with Gasteiger partial charge in [0.1, 0.15) is 0 Å². The first-order valence-electron chi connectivity index (χ1n) is 6.24. The third-order valence-electron chi connectivity index (χ3n) is 4.01. The highest BCUT2D eigenvalue weighted by Gasteiger charge is 2.20. The van der Waals surface area contributed by atoms with Gasteiger partial charge in [-0.1, -0.05) is 42.5 Å². The van der Waals surface area contributed by atoms with E-state index < -0.39 is 0 Å². The van der Waals surface area contributed by atoms with Crippen LogP contribution in [0.2, 0.25) is 0 Å². The van der Waals surface area contributed by atoms with Crippen molar-refractivity contribution in [2.24, 2.45) is 11.5 Å². The summed E-state index contributed by atoms with van der Waals surface area (Å²) in [7, 11) is 0. The molecule has 2 aromatic rings. The molecule has 4 N–H and O–H groups in total. The van der Waals surface area contributed by atoms with Crippen molar-refractivity contribution in [1.29, 1.82) is 0 Å². The average Bonchev–Trinajstić information content (AvgIpc) is 2.40. The van der Waals surface area contributed by atoms with Crippen molar-refractivity contribution in [3.63, 3.8) is 0 Å². The zero-order chi connectivity index (χ0) is 12.3. The van der Waals surface area contributed by atoms with Crippen LogP contribution in [0.3, 0.4) is 0 Å². The van der Waals surface area contributed by atoms with Gasteiger partial charge >= 0.3 is 0 Å². The lowest BCUT2D eigenvalue weighted by Gasteiger charge is -2.24. The molecule has 0 saturated heterocycles. The number of hydrogen-bond donors (Lipinski definition) is 2. The van der Waals surface area contributed by atoms with Crippen LogP contribution in [-0.2, 0) is 6.42 Å². The van der Waals surface area contributed by atoms with Crippen LogP contribution >= 0.6 is 0 Å². The molecular weight excluding hydrogens is 220 g/mol. The molecular formula is C16H14N2. The minimum Gasteiger partial charge on any atom is -0.398 e. The van der Waals surface area contributed by atoms with Crippen molar-refractivity contribution < 1.29 is 0 Å². The summed E-state index contributed by atoms with van der Waals surface area (Å²) in [4.78, 5) is 0. The van der Waals surface area contributed by atoms with Gasteiger partial charge in [0, 0.05) is 17.3 Å². The Labute approximate surface area is 106 Å². The van der Waals surface area contributed by atoms with E-state index in [1.54, 1.807) is 0 Å². The van der Waals surface area contributed by atoms with Gasteiger partial charge in [-0.05, 0) is 33.9 Å². The minimum atomic E-state index is -0.00562. The molecule has 2 aromatic carbocycles. The van der Waals surface area contributed by atoms with Gasteiger partial charge in [0.25, 0.3) is 0 Å². The second kappa shape index (κ2) is 3.24. The molecule has 0 heterocycles. The highest BCUT2D eigenvalue weighted by atomic mass is 14.6. The van der Waals surface area contributed by atoms with Gasteiger partial charge in [0.2, 0.25) is 0 Å². The van der Waals surface area contributed by atoms with Crippen LogP contribution in [0, 0.1) is 0 Å². The van der Waals surface area contributed by atoms with E-state index in [2.05, 4.69) is 42.5 Å². The van der Waals surface area contributed by atoms with Crippen LogP contribution in [0.5, 0.6) is 0 Å². The predicted octanol–water partition coefficient (Wildman–Crippen LogP) is 2.72. The maximum Gasteiger partial charge on any atom is 0.0490 e. The topological polar surface area (TPSA) is 52.0 Å². The van der Waals surface area contributed by atoms with Gasteiger partial charge in [-0.3, -0.25) is 0 Å². The fourth-order valence-corrected chi connectivity index (χ4v) is 3.09. The minimum absolute atomic E-state index is 0.00562. The van der Waals surface area contributed by atoms with Crippen LogP contribution in [-0.4, -0.2) is 0 Å². The van der Waals surface area contributed by atoms with Crippen LogP contribution in [0.4, 0.5) is 0 Å². The molecule has 0 aliphatic heterocycles. The van der Waals surface area contributed by atoms with Crippen LogP contribution < -0.4 is 11.5 Å². The summed E-state index contributed by atoms with van der Waals surface area (Å²) in [6.45, 7) is 0. The highest BCUT2D eigenvalue weighted by molar-refractivity contribution is 6.04. The zero-order valence-corrected chi connectivity index (χ0v) is 9.98. The maximum atomic E-state index is 6.17. The van der Waals surface area contributed by atoms with Crippen molar-refractivity contribution in [2.75, 3.05) is 0 Å². The SMILES string of the molecule is NC1=CCc2ccc3c4c(ccc1c24)C=CC3N. The van der Waals surface area contributed by atoms with E-state index in [9.17, 15) is 0 Å². The molecule has 88 valence electrons. The predicted molar refractivity (Wildman–Crippen MR) is 75.8 cm³/mol. The lowest BCUT2D eigenvalue weighted by atomic mass is 9.83. The fourth-order valence-electron chi connectivity index (χ4n) is 3.09. The quantitative estimate of drug-likeness (QED) is 0.736. The zero-order valence-electron chi connectivity index (χ0n) is 9.98. The molecule has 0 spiro atoms. The first-order chi connectivity index (χ1) is 8.75. The van der Waals surface area contributed by atoms with E-state index in [0.29, 0.717) is 0 Å². The number of allylic oxidation sites excluding steroid dienone is 1. The van der Waals surface area contributed by atoms with E-state index in [1.165, 1.54) is 27.5 Å². The lowest BCUT2D eigenvalue weighted by Crippen LogP contribution is -2.13. The van der Waals surface area contributed by atoms with Gasteiger partial charge in [0.15, 0.2) is 0 Å². The maximum absolute atomic E-state index is 6.17. The third-order valence-corrected chi connectivity index (χ3v) is 4.01. The molecule has 0 radical (unpaired) electrons. The van der Waals surface area contributed by atoms with Crippen LogP contribution in [0.1, 0.15) is 28.3 Å². The molecule has 0 amide bonds. The first kappa shape index (κ1) is 9.92. The summed E-state index contributed by atoms with van der Waals surface area (Å²) in [5.74, 6) is 0. The molecule has 0 aromatic heterocycles. The molecule has 2 aliphatic carbocycles. The van der Waals surface area contributed by atoms with E-state index in [4.69, 9.17) is 11.5 Å². The molecule has 4 rings (SSSR count). The standard InChI is InChI=1S/C16H14N2/c17-13-8-4-10-2-6-12-14(18)7-3-9-1-5-11(13)16(10)15(9)12/h1-3,5-8,14H,4,17-18H2. The van der Waals surface area contributed by atoms with Gasteiger partial charge in [0.05, 0.1) is 0 Å². The summed E-state index contributed by atoms with van der Waals surface area (Å²) in [6, 6.07) is 8.60. The highest BCUT2D eigenvalue weighted by Crippen LogP contribution is 2.39. The Bertz CT molecular complexity index is 738. The first-order valence-corrected chi connectivity index (χ1v) is 6.24. The molecule has 18 heavy (non-hydrogen) atoms. The molecule has 0 fully saturated rings. The van der Waals surface area contributed by atoms with E-state index >= 15 is 0 Å². The van der Waals surface area contributed by atoms with Crippen molar-refractivity contribution in [1.82, 2.24) is 0 Å². The lowest BCUT2D eigenvalue weighted by molar-refractivity contribution is 0.920. The van der Waals surface area contributed by atoms with E-state index in [0.717, 1.165) is 17.7 Å². The van der Waals surface area contributed by atoms with Crippen molar-refractivity contribution >= 4 is 22.5 Å². The average molecular weight is 234 g/mol. The molecule has 0 saturated carbocycles. The monoisotopic (exact) mass is 234 g/mol. The summed E-state index contributed by atoms with van der Waals surface area (Å²) in [5, 5.41) is 2.58. The van der Waals surface area contributed by atoms with Crippen molar-refractivity contribution in [2.45, 2.75) is 12.5 Å². The molecule has 2 aliphatic rings. The van der Waals surface area contributed by atoms with Crippen molar-refractivity contribution in [3.05, 3.63) is 58.7 Å². The second-order valence-corrected chi connectivity index (χ2v) is 5.01. The smallest absolute Gasteiger partial charge is 0.0490 e. The summed E-state index contributed by atoms with van der Waals surface area (Å²) in [5.41, 5.74) is 18.1.